The van der Waals surface area contributed by atoms with E-state index in [0.717, 1.165) is 0 Å². The normalized spacial score (nSPS) is 16.1. The molecule has 0 atom stereocenters. The zero-order valence-corrected chi connectivity index (χ0v) is 11.9. The molecule has 0 radical (unpaired) electrons. The molecule has 6 nitrogen and oxygen atoms in total. The largest absolute Gasteiger partial charge is 0.385 e. The maximum absolute atomic E-state index is 12.3. The Kier molecular flexibility index (Phi) is 4.10. The Bertz CT molecular complexity index is 665. The van der Waals surface area contributed by atoms with E-state index in [4.69, 9.17) is 10.5 Å². The van der Waals surface area contributed by atoms with Crippen LogP contribution in [0.15, 0.2) is 34.1 Å². The molecule has 1 amide bonds. The first-order chi connectivity index (χ1) is 9.50. The molecule has 0 spiro atoms. The molecular weight excluding hydrogens is 280 g/mol. The topological polar surface area (TPSA) is 98.5 Å². The molecule has 0 saturated heterocycles. The van der Waals surface area contributed by atoms with E-state index < -0.39 is 15.7 Å². The Balaban J connectivity index is 2.42. The zero-order chi connectivity index (χ0) is 14.8. The number of carbonyl (C=O) groups excluding carboxylic acids is 1. The van der Waals surface area contributed by atoms with Crippen LogP contribution in [-0.2, 0) is 19.4 Å². The smallest absolute Gasteiger partial charge is 0.262 e. The standard InChI is InChI=1S/C13H16N2O4S/c1-19-8-4-7-15-11-9-5-2-3-6-10(9)20(17,18)12(11)13(14)16/h2-3,5-6,15H,4,7-8H2,1H3,(H2,14,16). The van der Waals surface area contributed by atoms with Crippen molar-refractivity contribution in [3.05, 3.63) is 34.7 Å². The summed E-state index contributed by atoms with van der Waals surface area (Å²) >= 11 is 0. The van der Waals surface area contributed by atoms with Gasteiger partial charge in [0.1, 0.15) is 0 Å². The number of benzene rings is 1. The molecule has 3 N–H and O–H groups in total. The van der Waals surface area contributed by atoms with Gasteiger partial charge in [0, 0.05) is 25.8 Å². The number of fused-ring (bicyclic) bond motifs is 1. The van der Waals surface area contributed by atoms with Crippen LogP contribution in [0, 0.1) is 0 Å². The number of primary amides is 1. The van der Waals surface area contributed by atoms with E-state index in [1.807, 2.05) is 0 Å². The van der Waals surface area contributed by atoms with Crippen molar-refractivity contribution in [2.75, 3.05) is 20.3 Å². The molecule has 1 aromatic carbocycles. The molecule has 0 aliphatic carbocycles. The lowest BCUT2D eigenvalue weighted by molar-refractivity contribution is -0.113. The number of nitrogens with one attached hydrogen (secondary N) is 1. The second-order valence-electron chi connectivity index (χ2n) is 4.34. The monoisotopic (exact) mass is 296 g/mol. The Labute approximate surface area is 117 Å². The van der Waals surface area contributed by atoms with E-state index in [0.29, 0.717) is 25.1 Å². The number of hydrogen-bond acceptors (Lipinski definition) is 5. The van der Waals surface area contributed by atoms with Crippen LogP contribution < -0.4 is 11.1 Å². The number of sulfone groups is 1. The first-order valence-electron chi connectivity index (χ1n) is 6.11. The third-order valence-corrected chi connectivity index (χ3v) is 4.87. The van der Waals surface area contributed by atoms with E-state index in [9.17, 15) is 13.2 Å². The van der Waals surface area contributed by atoms with Gasteiger partial charge in [-0.15, -0.1) is 0 Å². The highest BCUT2D eigenvalue weighted by molar-refractivity contribution is 7.97. The Morgan fingerprint density at radius 2 is 2.05 bits per heavy atom. The SMILES string of the molecule is COCCCNC1=C(C(N)=O)S(=O)(=O)c2ccccc21. The van der Waals surface area contributed by atoms with Crippen LogP contribution in [0.25, 0.3) is 5.70 Å². The van der Waals surface area contributed by atoms with Crippen molar-refractivity contribution in [3.8, 4) is 0 Å². The molecule has 2 rings (SSSR count). The van der Waals surface area contributed by atoms with E-state index in [1.165, 1.54) is 6.07 Å². The summed E-state index contributed by atoms with van der Waals surface area (Å²) in [5, 5.41) is 2.98. The maximum atomic E-state index is 12.3. The number of carbonyl (C=O) groups is 1. The molecule has 0 aromatic heterocycles. The summed E-state index contributed by atoms with van der Waals surface area (Å²) in [7, 11) is -2.24. The number of amides is 1. The Hall–Kier alpha value is -1.86. The maximum Gasteiger partial charge on any atom is 0.262 e. The van der Waals surface area contributed by atoms with E-state index >= 15 is 0 Å². The minimum atomic E-state index is -3.83. The van der Waals surface area contributed by atoms with Crippen LogP contribution in [0.5, 0.6) is 0 Å². The predicted molar refractivity (Wildman–Crippen MR) is 74.2 cm³/mol. The quantitative estimate of drug-likeness (QED) is 0.733. The second-order valence-corrected chi connectivity index (χ2v) is 6.20. The van der Waals surface area contributed by atoms with Crippen molar-refractivity contribution in [2.45, 2.75) is 11.3 Å². The molecule has 1 aliphatic rings. The summed E-state index contributed by atoms with van der Waals surface area (Å²) in [4.78, 5) is 11.3. The van der Waals surface area contributed by atoms with Gasteiger partial charge in [-0.05, 0) is 12.5 Å². The van der Waals surface area contributed by atoms with Crippen molar-refractivity contribution in [3.63, 3.8) is 0 Å². The molecule has 0 saturated carbocycles. The van der Waals surface area contributed by atoms with Gasteiger partial charge in [0.15, 0.2) is 4.91 Å². The van der Waals surface area contributed by atoms with Gasteiger partial charge in [0.05, 0.1) is 10.6 Å². The van der Waals surface area contributed by atoms with Crippen molar-refractivity contribution < 1.29 is 17.9 Å². The van der Waals surface area contributed by atoms with Crippen LogP contribution in [0.1, 0.15) is 12.0 Å². The molecule has 1 heterocycles. The van der Waals surface area contributed by atoms with E-state index in [-0.39, 0.29) is 15.5 Å². The molecule has 0 bridgehead atoms. The second kappa shape index (κ2) is 5.64. The Morgan fingerprint density at radius 1 is 1.35 bits per heavy atom. The lowest BCUT2D eigenvalue weighted by atomic mass is 10.1. The molecule has 108 valence electrons. The highest BCUT2D eigenvalue weighted by atomic mass is 32.2. The number of hydrogen-bond donors (Lipinski definition) is 2. The summed E-state index contributed by atoms with van der Waals surface area (Å²) in [6.45, 7) is 1.03. The fourth-order valence-electron chi connectivity index (χ4n) is 2.14. The van der Waals surface area contributed by atoms with Crippen LogP contribution in [0.2, 0.25) is 0 Å². The summed E-state index contributed by atoms with van der Waals surface area (Å²) < 4.78 is 29.5. The molecule has 20 heavy (non-hydrogen) atoms. The predicted octanol–water partition coefficient (Wildman–Crippen LogP) is 0.254. The van der Waals surface area contributed by atoms with Gasteiger partial charge in [-0.1, -0.05) is 18.2 Å². The molecule has 0 unspecified atom stereocenters. The van der Waals surface area contributed by atoms with Crippen LogP contribution in [0.3, 0.4) is 0 Å². The van der Waals surface area contributed by atoms with Gasteiger partial charge in [0.2, 0.25) is 9.84 Å². The third-order valence-electron chi connectivity index (χ3n) is 2.99. The molecule has 1 aromatic rings. The van der Waals surface area contributed by atoms with Crippen LogP contribution in [0.4, 0.5) is 0 Å². The van der Waals surface area contributed by atoms with E-state index in [2.05, 4.69) is 5.32 Å². The highest BCUT2D eigenvalue weighted by Gasteiger charge is 2.38. The van der Waals surface area contributed by atoms with Gasteiger partial charge in [-0.2, -0.15) is 0 Å². The highest BCUT2D eigenvalue weighted by Crippen LogP contribution is 2.37. The van der Waals surface area contributed by atoms with E-state index in [1.54, 1.807) is 25.3 Å². The lowest BCUT2D eigenvalue weighted by Gasteiger charge is -2.09. The summed E-state index contributed by atoms with van der Waals surface area (Å²) in [5.74, 6) is -0.949. The van der Waals surface area contributed by atoms with Gasteiger partial charge < -0.3 is 15.8 Å². The fourth-order valence-corrected chi connectivity index (χ4v) is 3.79. The van der Waals surface area contributed by atoms with Crippen molar-refractivity contribution in [2.24, 2.45) is 5.73 Å². The molecular formula is C13H16N2O4S. The van der Waals surface area contributed by atoms with Gasteiger partial charge in [-0.3, -0.25) is 4.79 Å². The fraction of sp³-hybridized carbons (Fsp3) is 0.308. The number of ether oxygens (including phenoxy) is 1. The summed E-state index contributed by atoms with van der Waals surface area (Å²) in [5.41, 5.74) is 6.00. The van der Waals surface area contributed by atoms with Crippen molar-refractivity contribution in [1.82, 2.24) is 5.32 Å². The third kappa shape index (κ3) is 2.41. The first-order valence-corrected chi connectivity index (χ1v) is 7.60. The zero-order valence-electron chi connectivity index (χ0n) is 11.0. The average Bonchev–Trinajstić information content (AvgIpc) is 2.63. The minimum Gasteiger partial charge on any atom is -0.385 e. The number of methoxy groups -OCH3 is 1. The van der Waals surface area contributed by atoms with Crippen LogP contribution in [-0.4, -0.2) is 34.6 Å². The van der Waals surface area contributed by atoms with Gasteiger partial charge >= 0.3 is 0 Å². The summed E-state index contributed by atoms with van der Waals surface area (Å²) in [6, 6.07) is 6.46. The molecule has 1 aliphatic heterocycles. The Morgan fingerprint density at radius 3 is 2.70 bits per heavy atom. The van der Waals surface area contributed by atoms with Crippen LogP contribution >= 0.6 is 0 Å². The number of rotatable bonds is 6. The molecule has 0 fully saturated rings. The first kappa shape index (κ1) is 14.5. The lowest BCUT2D eigenvalue weighted by Crippen LogP contribution is -2.23. The number of nitrogens with two attached hydrogens (primary N) is 1. The van der Waals surface area contributed by atoms with Gasteiger partial charge in [-0.25, -0.2) is 8.42 Å². The summed E-state index contributed by atoms with van der Waals surface area (Å²) in [6.07, 6.45) is 0.689. The van der Waals surface area contributed by atoms with Gasteiger partial charge in [0.25, 0.3) is 5.91 Å². The molecule has 7 heteroatoms. The average molecular weight is 296 g/mol. The minimum absolute atomic E-state index is 0.114. The van der Waals surface area contributed by atoms with Crippen molar-refractivity contribution in [1.29, 1.82) is 0 Å². The van der Waals surface area contributed by atoms with Crippen molar-refractivity contribution >= 4 is 21.4 Å².